The van der Waals surface area contributed by atoms with Gasteiger partial charge in [-0.25, -0.2) is 9.36 Å². The summed E-state index contributed by atoms with van der Waals surface area (Å²) in [4.78, 5) is 11.8. The molecule has 0 radical (unpaired) electrons. The Bertz CT molecular complexity index is 992. The zero-order valence-corrected chi connectivity index (χ0v) is 13.6. The van der Waals surface area contributed by atoms with E-state index in [0.717, 1.165) is 10.8 Å². The van der Waals surface area contributed by atoms with Gasteiger partial charge in [0.05, 0.1) is 17.5 Å². The minimum absolute atomic E-state index is 0.236. The number of nitrogens with zero attached hydrogens (tertiary/aromatic N) is 1. The van der Waals surface area contributed by atoms with Crippen LogP contribution in [-0.2, 0) is 14.3 Å². The number of hydrogen-bond acceptors (Lipinski definition) is 4. The standard InChI is InChI=1S/C17H15NO5S/c1-24(21,22)23-16(12-7-3-2-4-8-12)15-11-13-9-5-6-10-14(13)18(15)17(19)20/h2-11,16H,1H3,(H,19,20). The molecule has 1 atom stereocenters. The molecule has 0 aliphatic rings. The Morgan fingerprint density at radius 2 is 1.71 bits per heavy atom. The summed E-state index contributed by atoms with van der Waals surface area (Å²) in [7, 11) is -3.81. The van der Waals surface area contributed by atoms with Crippen molar-refractivity contribution in [2.24, 2.45) is 0 Å². The number of carboxylic acid groups (broad SMARTS) is 1. The van der Waals surface area contributed by atoms with Crippen LogP contribution in [0, 0.1) is 0 Å². The van der Waals surface area contributed by atoms with E-state index in [9.17, 15) is 18.3 Å². The normalized spacial score (nSPS) is 13.0. The van der Waals surface area contributed by atoms with Crippen molar-refractivity contribution in [2.75, 3.05) is 6.26 Å². The number of fused-ring (bicyclic) bond motifs is 1. The molecular weight excluding hydrogens is 330 g/mol. The second-order valence-electron chi connectivity index (χ2n) is 5.34. The maximum atomic E-state index is 11.8. The summed E-state index contributed by atoms with van der Waals surface area (Å²) in [5.74, 6) is 0. The Balaban J connectivity index is 2.27. The first-order valence-corrected chi connectivity index (χ1v) is 8.95. The van der Waals surface area contributed by atoms with Crippen molar-refractivity contribution in [2.45, 2.75) is 6.10 Å². The predicted molar refractivity (Wildman–Crippen MR) is 89.6 cm³/mol. The average molecular weight is 345 g/mol. The van der Waals surface area contributed by atoms with Crippen molar-refractivity contribution in [1.29, 1.82) is 0 Å². The summed E-state index contributed by atoms with van der Waals surface area (Å²) in [5.41, 5.74) is 1.26. The highest BCUT2D eigenvalue weighted by molar-refractivity contribution is 7.86. The Kier molecular flexibility index (Phi) is 4.13. The fraction of sp³-hybridized carbons (Fsp3) is 0.118. The molecule has 0 aliphatic heterocycles. The zero-order valence-electron chi connectivity index (χ0n) is 12.8. The van der Waals surface area contributed by atoms with E-state index in [4.69, 9.17) is 4.18 Å². The van der Waals surface area contributed by atoms with Crippen LogP contribution >= 0.6 is 0 Å². The van der Waals surface area contributed by atoms with Crippen molar-refractivity contribution in [3.05, 3.63) is 71.9 Å². The molecule has 24 heavy (non-hydrogen) atoms. The van der Waals surface area contributed by atoms with Crippen molar-refractivity contribution >= 4 is 27.1 Å². The van der Waals surface area contributed by atoms with E-state index in [2.05, 4.69) is 0 Å². The molecule has 0 spiro atoms. The molecule has 0 amide bonds. The van der Waals surface area contributed by atoms with Crippen LogP contribution in [0.25, 0.3) is 10.9 Å². The van der Waals surface area contributed by atoms with Crippen LogP contribution in [0.2, 0.25) is 0 Å². The molecule has 7 heteroatoms. The van der Waals surface area contributed by atoms with Gasteiger partial charge in [0.2, 0.25) is 0 Å². The lowest BCUT2D eigenvalue weighted by molar-refractivity contribution is 0.191. The lowest BCUT2D eigenvalue weighted by Gasteiger charge is -2.18. The molecule has 2 aromatic carbocycles. The first kappa shape index (κ1) is 16.2. The smallest absolute Gasteiger partial charge is 0.416 e. The molecule has 0 fully saturated rings. The molecule has 0 saturated heterocycles. The third-order valence-corrected chi connectivity index (χ3v) is 4.11. The molecule has 3 aromatic rings. The Labute approximate surface area is 139 Å². The summed E-state index contributed by atoms with van der Waals surface area (Å²) in [6, 6.07) is 17.2. The second kappa shape index (κ2) is 6.10. The van der Waals surface area contributed by atoms with E-state index in [-0.39, 0.29) is 5.69 Å². The van der Waals surface area contributed by atoms with Crippen LogP contribution in [0.5, 0.6) is 0 Å². The van der Waals surface area contributed by atoms with E-state index < -0.39 is 22.3 Å². The van der Waals surface area contributed by atoms with Crippen LogP contribution in [0.3, 0.4) is 0 Å². The van der Waals surface area contributed by atoms with Crippen molar-refractivity contribution < 1.29 is 22.5 Å². The maximum absolute atomic E-state index is 11.8. The molecule has 1 aromatic heterocycles. The predicted octanol–water partition coefficient (Wildman–Crippen LogP) is 3.23. The first-order chi connectivity index (χ1) is 11.4. The lowest BCUT2D eigenvalue weighted by atomic mass is 10.1. The van der Waals surface area contributed by atoms with Crippen LogP contribution in [0.15, 0.2) is 60.7 Å². The van der Waals surface area contributed by atoms with Gasteiger partial charge in [0.25, 0.3) is 10.1 Å². The van der Waals surface area contributed by atoms with Gasteiger partial charge in [-0.3, -0.25) is 4.18 Å². The molecule has 1 unspecified atom stereocenters. The van der Waals surface area contributed by atoms with Crippen molar-refractivity contribution in [3.63, 3.8) is 0 Å². The highest BCUT2D eigenvalue weighted by atomic mass is 32.2. The zero-order chi connectivity index (χ0) is 17.3. The van der Waals surface area contributed by atoms with Gasteiger partial charge in [-0.1, -0.05) is 48.5 Å². The van der Waals surface area contributed by atoms with Gasteiger partial charge >= 0.3 is 6.09 Å². The fourth-order valence-corrected chi connectivity index (χ4v) is 3.22. The molecule has 1 N–H and O–H groups in total. The van der Waals surface area contributed by atoms with Gasteiger partial charge < -0.3 is 5.11 Å². The summed E-state index contributed by atoms with van der Waals surface area (Å²) >= 11 is 0. The van der Waals surface area contributed by atoms with Gasteiger partial charge in [0.15, 0.2) is 0 Å². The largest absolute Gasteiger partial charge is 0.464 e. The molecule has 1 heterocycles. The van der Waals surface area contributed by atoms with E-state index >= 15 is 0 Å². The van der Waals surface area contributed by atoms with Crippen LogP contribution in [0.4, 0.5) is 4.79 Å². The summed E-state index contributed by atoms with van der Waals surface area (Å²) in [6.45, 7) is 0. The van der Waals surface area contributed by atoms with Gasteiger partial charge in [-0.05, 0) is 17.7 Å². The van der Waals surface area contributed by atoms with Gasteiger partial charge in [0.1, 0.15) is 6.10 Å². The molecule has 3 rings (SSSR count). The molecule has 6 nitrogen and oxygen atoms in total. The molecule has 0 aliphatic carbocycles. The fourth-order valence-electron chi connectivity index (χ4n) is 2.66. The highest BCUT2D eigenvalue weighted by Crippen LogP contribution is 2.32. The van der Waals surface area contributed by atoms with E-state index in [0.29, 0.717) is 16.5 Å². The van der Waals surface area contributed by atoms with E-state index in [1.54, 1.807) is 60.7 Å². The number of aromatic nitrogens is 1. The minimum atomic E-state index is -3.81. The third-order valence-electron chi connectivity index (χ3n) is 3.57. The quantitative estimate of drug-likeness (QED) is 0.734. The number of rotatable bonds is 4. The Hall–Kier alpha value is -2.64. The summed E-state index contributed by atoms with van der Waals surface area (Å²) < 4.78 is 29.7. The third kappa shape index (κ3) is 3.17. The Morgan fingerprint density at radius 3 is 2.33 bits per heavy atom. The van der Waals surface area contributed by atoms with Gasteiger partial charge in [-0.2, -0.15) is 8.42 Å². The molecule has 0 bridgehead atoms. The van der Waals surface area contributed by atoms with Crippen molar-refractivity contribution in [1.82, 2.24) is 4.57 Å². The number of hydrogen-bond donors (Lipinski definition) is 1. The highest BCUT2D eigenvalue weighted by Gasteiger charge is 2.27. The second-order valence-corrected chi connectivity index (χ2v) is 6.94. The topological polar surface area (TPSA) is 85.6 Å². The van der Waals surface area contributed by atoms with Crippen LogP contribution in [0.1, 0.15) is 17.4 Å². The van der Waals surface area contributed by atoms with E-state index in [1.165, 1.54) is 0 Å². The van der Waals surface area contributed by atoms with Gasteiger partial charge in [-0.15, -0.1) is 0 Å². The SMILES string of the molecule is CS(=O)(=O)OC(c1ccccc1)c1cc2ccccc2n1C(=O)O. The first-order valence-electron chi connectivity index (χ1n) is 7.14. The molecular formula is C17H15NO5S. The van der Waals surface area contributed by atoms with Crippen LogP contribution < -0.4 is 0 Å². The summed E-state index contributed by atoms with van der Waals surface area (Å²) in [6.07, 6.45) is -1.31. The molecule has 124 valence electrons. The van der Waals surface area contributed by atoms with E-state index in [1.807, 2.05) is 0 Å². The average Bonchev–Trinajstić information content (AvgIpc) is 2.92. The Morgan fingerprint density at radius 1 is 1.08 bits per heavy atom. The molecule has 0 saturated carbocycles. The minimum Gasteiger partial charge on any atom is -0.464 e. The lowest BCUT2D eigenvalue weighted by Crippen LogP contribution is -2.19. The maximum Gasteiger partial charge on any atom is 0.416 e. The van der Waals surface area contributed by atoms with Crippen LogP contribution in [-0.4, -0.2) is 30.4 Å². The number of para-hydroxylation sites is 1. The van der Waals surface area contributed by atoms with Crippen molar-refractivity contribution in [3.8, 4) is 0 Å². The number of benzene rings is 2. The van der Waals surface area contributed by atoms with Gasteiger partial charge in [0, 0.05) is 5.39 Å². The summed E-state index contributed by atoms with van der Waals surface area (Å²) in [5, 5.41) is 10.3. The monoisotopic (exact) mass is 345 g/mol. The number of carbonyl (C=O) groups is 1.